The molecule has 1 fully saturated rings. The molecule has 0 spiro atoms. The maximum Gasteiger partial charge on any atom is 0.325 e. The molecule has 3 amide bonds. The van der Waals surface area contributed by atoms with Crippen molar-refractivity contribution < 1.29 is 14.3 Å². The van der Waals surface area contributed by atoms with Gasteiger partial charge in [0, 0.05) is 45.0 Å². The van der Waals surface area contributed by atoms with Crippen LogP contribution in [-0.4, -0.2) is 84.6 Å². The fourth-order valence-electron chi connectivity index (χ4n) is 4.49. The van der Waals surface area contributed by atoms with E-state index in [9.17, 15) is 9.59 Å². The highest BCUT2D eigenvalue weighted by Crippen LogP contribution is 2.35. The number of nitrogens with zero attached hydrogens (tertiary/aromatic N) is 9. The molecule has 3 N–H and O–H groups in total. The molecule has 0 unspecified atom stereocenters. The Kier molecular flexibility index (Phi) is 7.56. The quantitative estimate of drug-likeness (QED) is 0.284. The monoisotopic (exact) mass is 572 g/mol. The summed E-state index contributed by atoms with van der Waals surface area (Å²) >= 11 is 0. The number of nitrogens with one attached hydrogen (secondary N) is 3. The highest BCUT2D eigenvalue weighted by Gasteiger charge is 2.36. The zero-order valence-corrected chi connectivity index (χ0v) is 24.2. The summed E-state index contributed by atoms with van der Waals surface area (Å²) in [6.07, 6.45) is 4.80. The van der Waals surface area contributed by atoms with E-state index < -0.39 is 5.91 Å². The van der Waals surface area contributed by atoms with Crippen LogP contribution in [0.3, 0.4) is 0 Å². The van der Waals surface area contributed by atoms with Gasteiger partial charge in [-0.2, -0.15) is 5.10 Å². The first-order valence-electron chi connectivity index (χ1n) is 13.2. The van der Waals surface area contributed by atoms with E-state index in [2.05, 4.69) is 46.2 Å². The Morgan fingerprint density at radius 1 is 1.02 bits per heavy atom. The summed E-state index contributed by atoms with van der Waals surface area (Å²) in [5, 5.41) is 21.5. The highest BCUT2D eigenvalue weighted by molar-refractivity contribution is 5.98. The third-order valence-electron chi connectivity index (χ3n) is 6.57. The van der Waals surface area contributed by atoms with Crippen LogP contribution in [0.5, 0.6) is 5.75 Å². The Morgan fingerprint density at radius 3 is 2.45 bits per heavy atom. The minimum Gasteiger partial charge on any atom is -0.492 e. The number of urea groups is 1. The van der Waals surface area contributed by atoms with Crippen LogP contribution in [0.25, 0.3) is 11.4 Å². The number of aromatic nitrogens is 7. The van der Waals surface area contributed by atoms with Crippen LogP contribution in [0.2, 0.25) is 0 Å². The van der Waals surface area contributed by atoms with Crippen LogP contribution in [0.15, 0.2) is 43.0 Å². The molecular weight excluding hydrogens is 540 g/mol. The third-order valence-corrected chi connectivity index (χ3v) is 6.57. The Balaban J connectivity index is 1.40. The van der Waals surface area contributed by atoms with Crippen LogP contribution in [0, 0.1) is 0 Å². The average Bonchev–Trinajstić information content (AvgIpc) is 3.58. The highest BCUT2D eigenvalue weighted by atomic mass is 16.5. The van der Waals surface area contributed by atoms with Gasteiger partial charge in [-0.25, -0.2) is 19.7 Å². The number of rotatable bonds is 8. The van der Waals surface area contributed by atoms with E-state index in [0.29, 0.717) is 59.1 Å². The van der Waals surface area contributed by atoms with E-state index in [1.54, 1.807) is 53.5 Å². The van der Waals surface area contributed by atoms with Crippen LogP contribution in [0.4, 0.5) is 33.6 Å². The molecule has 5 heterocycles. The fourth-order valence-corrected chi connectivity index (χ4v) is 4.49. The summed E-state index contributed by atoms with van der Waals surface area (Å²) in [6, 6.07) is 6.87. The minimum atomic E-state index is -0.444. The largest absolute Gasteiger partial charge is 0.492 e. The van der Waals surface area contributed by atoms with E-state index >= 15 is 0 Å². The van der Waals surface area contributed by atoms with Gasteiger partial charge in [-0.3, -0.25) is 14.4 Å². The first-order valence-corrected chi connectivity index (χ1v) is 13.2. The van der Waals surface area contributed by atoms with Crippen LogP contribution in [0.1, 0.15) is 31.3 Å². The van der Waals surface area contributed by atoms with Gasteiger partial charge in [0.2, 0.25) is 0 Å². The van der Waals surface area contributed by atoms with Crippen molar-refractivity contribution in [3.05, 3.63) is 48.7 Å². The number of amides is 3. The molecule has 0 radical (unpaired) electrons. The molecule has 4 aromatic heterocycles. The Bertz CT molecular complexity index is 1610. The number of pyridine rings is 2. The first-order chi connectivity index (χ1) is 20.1. The molecule has 5 rings (SSSR count). The van der Waals surface area contributed by atoms with Gasteiger partial charge in [0.05, 0.1) is 30.2 Å². The van der Waals surface area contributed by atoms with Gasteiger partial charge in [-0.1, -0.05) is 0 Å². The zero-order valence-electron chi connectivity index (χ0n) is 24.2. The van der Waals surface area contributed by atoms with Crippen LogP contribution >= 0.6 is 0 Å². The lowest BCUT2D eigenvalue weighted by Crippen LogP contribution is -2.44. The predicted molar refractivity (Wildman–Crippen MR) is 156 cm³/mol. The van der Waals surface area contributed by atoms with Crippen molar-refractivity contribution in [3.8, 4) is 17.1 Å². The van der Waals surface area contributed by atoms with E-state index in [1.807, 2.05) is 31.7 Å². The number of carbonyl (C=O) groups is 2. The molecule has 0 atom stereocenters. The number of ether oxygens (including phenoxy) is 1. The van der Waals surface area contributed by atoms with Crippen molar-refractivity contribution in [2.75, 3.05) is 42.8 Å². The Labute approximate surface area is 242 Å². The molecule has 15 nitrogen and oxygen atoms in total. The fraction of sp³-hybridized carbons (Fsp3) is 0.333. The number of aryl methyl sites for hydroxylation is 1. The first kappa shape index (κ1) is 28.2. The van der Waals surface area contributed by atoms with E-state index in [1.165, 1.54) is 14.2 Å². The minimum absolute atomic E-state index is 0.0486. The number of anilines is 5. The van der Waals surface area contributed by atoms with Gasteiger partial charge >= 0.3 is 6.03 Å². The molecule has 1 aliphatic rings. The molecule has 0 aromatic carbocycles. The summed E-state index contributed by atoms with van der Waals surface area (Å²) < 4.78 is 7.23. The van der Waals surface area contributed by atoms with Gasteiger partial charge in [0.1, 0.15) is 12.1 Å². The topological polar surface area (TPSA) is 168 Å². The second-order valence-corrected chi connectivity index (χ2v) is 10.5. The molecule has 42 heavy (non-hydrogen) atoms. The van der Waals surface area contributed by atoms with Crippen LogP contribution in [-0.2, 0) is 7.05 Å². The normalized spacial score (nSPS) is 13.3. The molecule has 1 aliphatic heterocycles. The standard InChI is InChI=1S/C27H32N12O3/c1-27(2,3)39-12-11-38(26(39)41)16-7-8-19(30-14-16)33-20-13-18(21(35-34-20)25(40)28-4)32-24-22(42-6)17(9-10-29-24)23-31-15-37(5)36-23/h7-10,13-15H,11-12H2,1-6H3,(H,28,40)(H2,29,30,32,33,34). The number of carbonyl (C=O) groups excluding carboxylic acids is 2. The molecule has 1 saturated heterocycles. The van der Waals surface area contributed by atoms with Crippen molar-refractivity contribution in [1.82, 2.24) is 45.1 Å². The lowest BCUT2D eigenvalue weighted by molar-refractivity contribution is 0.0958. The zero-order chi connectivity index (χ0) is 30.0. The Morgan fingerprint density at radius 2 is 1.83 bits per heavy atom. The van der Waals surface area contributed by atoms with Crippen molar-refractivity contribution in [2.45, 2.75) is 26.3 Å². The molecule has 218 valence electrons. The summed E-state index contributed by atoms with van der Waals surface area (Å²) in [5.74, 6) is 1.52. The van der Waals surface area contributed by atoms with E-state index in [4.69, 9.17) is 4.74 Å². The lowest BCUT2D eigenvalue weighted by atomic mass is 10.1. The van der Waals surface area contributed by atoms with Gasteiger partial charge < -0.3 is 25.6 Å². The van der Waals surface area contributed by atoms with Gasteiger partial charge in [-0.15, -0.1) is 10.2 Å². The summed E-state index contributed by atoms with van der Waals surface area (Å²) in [4.78, 5) is 42.2. The van der Waals surface area contributed by atoms with Crippen LogP contribution < -0.4 is 25.6 Å². The molecule has 4 aromatic rings. The average molecular weight is 573 g/mol. The summed E-state index contributed by atoms with van der Waals surface area (Å²) in [6.45, 7) is 7.27. The summed E-state index contributed by atoms with van der Waals surface area (Å²) in [7, 11) is 4.78. The third kappa shape index (κ3) is 5.61. The van der Waals surface area contributed by atoms with E-state index in [-0.39, 0.29) is 17.3 Å². The SMILES string of the molecule is CNC(=O)c1nnc(Nc2ccc(N3CCN(C(C)(C)C)C3=O)cn2)cc1Nc1nccc(-c2ncn(C)n2)c1OC. The number of hydrogen-bond donors (Lipinski definition) is 3. The second-order valence-electron chi connectivity index (χ2n) is 10.5. The number of methoxy groups -OCH3 is 1. The second kappa shape index (κ2) is 11.3. The van der Waals surface area contributed by atoms with Crippen molar-refractivity contribution in [2.24, 2.45) is 7.05 Å². The molecule has 0 bridgehead atoms. The van der Waals surface area contributed by atoms with E-state index in [0.717, 1.165) is 0 Å². The van der Waals surface area contributed by atoms with Gasteiger partial charge in [0.15, 0.2) is 28.9 Å². The van der Waals surface area contributed by atoms with Gasteiger partial charge in [0.25, 0.3) is 5.91 Å². The molecule has 15 heteroatoms. The lowest BCUT2D eigenvalue weighted by Gasteiger charge is -2.31. The Hall–Kier alpha value is -5.34. The maximum atomic E-state index is 12.9. The van der Waals surface area contributed by atoms with Crippen molar-refractivity contribution in [3.63, 3.8) is 0 Å². The predicted octanol–water partition coefficient (Wildman–Crippen LogP) is 2.96. The van der Waals surface area contributed by atoms with Gasteiger partial charge in [-0.05, 0) is 39.0 Å². The smallest absolute Gasteiger partial charge is 0.325 e. The van der Waals surface area contributed by atoms with Crippen molar-refractivity contribution >= 4 is 40.8 Å². The number of hydrogen-bond acceptors (Lipinski definition) is 11. The van der Waals surface area contributed by atoms with Crippen molar-refractivity contribution in [1.29, 1.82) is 0 Å². The molecule has 0 saturated carbocycles. The molecule has 0 aliphatic carbocycles. The summed E-state index contributed by atoms with van der Waals surface area (Å²) in [5.41, 5.74) is 1.42. The molecular formula is C27H32N12O3. The maximum absolute atomic E-state index is 12.9.